The molecule has 0 saturated heterocycles. The Morgan fingerprint density at radius 1 is 1.20 bits per heavy atom. The van der Waals surface area contributed by atoms with Gasteiger partial charge in [-0.15, -0.1) is 10.2 Å². The van der Waals surface area contributed by atoms with Gasteiger partial charge in [0, 0.05) is 19.8 Å². The molecule has 0 unspecified atom stereocenters. The fourth-order valence-corrected chi connectivity index (χ4v) is 1.65. The van der Waals surface area contributed by atoms with Gasteiger partial charge in [0.1, 0.15) is 5.82 Å². The van der Waals surface area contributed by atoms with E-state index in [9.17, 15) is 4.79 Å². The second-order valence-electron chi connectivity index (χ2n) is 4.63. The van der Waals surface area contributed by atoms with Crippen molar-refractivity contribution >= 4 is 11.7 Å². The number of nitrogens with zero attached hydrogens (tertiary/aromatic N) is 4. The van der Waals surface area contributed by atoms with Crippen molar-refractivity contribution in [1.82, 2.24) is 20.1 Å². The van der Waals surface area contributed by atoms with E-state index in [4.69, 9.17) is 0 Å². The van der Waals surface area contributed by atoms with Gasteiger partial charge in [-0.2, -0.15) is 0 Å². The lowest BCUT2D eigenvalue weighted by Crippen LogP contribution is -2.23. The van der Waals surface area contributed by atoms with Gasteiger partial charge in [0.15, 0.2) is 5.69 Å². The molecule has 0 bridgehead atoms. The SMILES string of the molecule is Cc1cccc(CNc2ccc(C(=O)N(C)C)nn2)n1. The highest BCUT2D eigenvalue weighted by Crippen LogP contribution is 2.06. The predicted molar refractivity (Wildman–Crippen MR) is 76.4 cm³/mol. The van der Waals surface area contributed by atoms with Gasteiger partial charge in [-0.25, -0.2) is 0 Å². The summed E-state index contributed by atoms with van der Waals surface area (Å²) < 4.78 is 0. The number of aryl methyl sites for hydroxylation is 1. The Morgan fingerprint density at radius 2 is 2.00 bits per heavy atom. The quantitative estimate of drug-likeness (QED) is 0.912. The molecule has 6 nitrogen and oxygen atoms in total. The third kappa shape index (κ3) is 3.50. The second-order valence-corrected chi connectivity index (χ2v) is 4.63. The molecule has 0 radical (unpaired) electrons. The molecule has 20 heavy (non-hydrogen) atoms. The van der Waals surface area contributed by atoms with Gasteiger partial charge < -0.3 is 10.2 Å². The first-order valence-corrected chi connectivity index (χ1v) is 6.28. The highest BCUT2D eigenvalue weighted by atomic mass is 16.2. The summed E-state index contributed by atoms with van der Waals surface area (Å²) in [7, 11) is 3.36. The molecular formula is C14H17N5O. The first-order valence-electron chi connectivity index (χ1n) is 6.28. The maximum absolute atomic E-state index is 11.7. The molecule has 1 amide bonds. The number of anilines is 1. The molecule has 0 fully saturated rings. The van der Waals surface area contributed by atoms with Gasteiger partial charge in [0.05, 0.1) is 12.2 Å². The Kier molecular flexibility index (Phi) is 4.24. The van der Waals surface area contributed by atoms with Crippen LogP contribution in [-0.2, 0) is 6.54 Å². The van der Waals surface area contributed by atoms with E-state index in [0.717, 1.165) is 11.4 Å². The standard InChI is InChI=1S/C14H17N5O/c1-10-5-4-6-11(16-10)9-15-13-8-7-12(17-18-13)14(20)19(2)3/h4-8H,9H2,1-3H3,(H,15,18). The Balaban J connectivity index is 1.99. The Labute approximate surface area is 117 Å². The molecule has 0 aliphatic rings. The average Bonchev–Trinajstić information content (AvgIpc) is 2.45. The fourth-order valence-electron chi connectivity index (χ4n) is 1.65. The highest BCUT2D eigenvalue weighted by molar-refractivity contribution is 5.91. The summed E-state index contributed by atoms with van der Waals surface area (Å²) in [4.78, 5) is 17.5. The minimum absolute atomic E-state index is 0.163. The molecule has 0 aliphatic heterocycles. The smallest absolute Gasteiger partial charge is 0.273 e. The van der Waals surface area contributed by atoms with E-state index >= 15 is 0 Å². The molecule has 2 aromatic rings. The molecule has 2 aromatic heterocycles. The van der Waals surface area contributed by atoms with E-state index in [-0.39, 0.29) is 5.91 Å². The molecule has 0 saturated carbocycles. The summed E-state index contributed by atoms with van der Waals surface area (Å²) in [6.07, 6.45) is 0. The molecule has 2 rings (SSSR count). The molecule has 1 N–H and O–H groups in total. The molecule has 6 heteroatoms. The maximum atomic E-state index is 11.7. The zero-order valence-electron chi connectivity index (χ0n) is 11.8. The van der Waals surface area contributed by atoms with E-state index < -0.39 is 0 Å². The first-order chi connectivity index (χ1) is 9.56. The fraction of sp³-hybridized carbons (Fsp3) is 0.286. The van der Waals surface area contributed by atoms with Crippen LogP contribution >= 0.6 is 0 Å². The van der Waals surface area contributed by atoms with Gasteiger partial charge in [0.25, 0.3) is 5.91 Å². The van der Waals surface area contributed by atoms with E-state index in [1.165, 1.54) is 4.90 Å². The number of nitrogens with one attached hydrogen (secondary N) is 1. The molecule has 0 aromatic carbocycles. The summed E-state index contributed by atoms with van der Waals surface area (Å²) in [5.74, 6) is 0.452. The van der Waals surface area contributed by atoms with Crippen molar-refractivity contribution in [2.75, 3.05) is 19.4 Å². The van der Waals surface area contributed by atoms with Crippen molar-refractivity contribution in [3.8, 4) is 0 Å². The van der Waals surface area contributed by atoms with E-state index in [0.29, 0.717) is 18.1 Å². The zero-order valence-corrected chi connectivity index (χ0v) is 11.8. The van der Waals surface area contributed by atoms with Crippen molar-refractivity contribution in [3.63, 3.8) is 0 Å². The molecule has 0 atom stereocenters. The van der Waals surface area contributed by atoms with Crippen molar-refractivity contribution < 1.29 is 4.79 Å². The predicted octanol–water partition coefficient (Wildman–Crippen LogP) is 1.49. The first kappa shape index (κ1) is 13.9. The Hall–Kier alpha value is -2.50. The van der Waals surface area contributed by atoms with Crippen molar-refractivity contribution in [1.29, 1.82) is 0 Å². The number of rotatable bonds is 4. The monoisotopic (exact) mass is 271 g/mol. The van der Waals surface area contributed by atoms with Crippen LogP contribution in [0, 0.1) is 6.92 Å². The van der Waals surface area contributed by atoms with Gasteiger partial charge in [0.2, 0.25) is 0 Å². The van der Waals surface area contributed by atoms with Crippen LogP contribution < -0.4 is 5.32 Å². The van der Waals surface area contributed by atoms with Crippen LogP contribution in [0.15, 0.2) is 30.3 Å². The molecule has 104 valence electrons. The number of carbonyl (C=O) groups is 1. The molecular weight excluding hydrogens is 254 g/mol. The Morgan fingerprint density at radius 3 is 2.60 bits per heavy atom. The number of hydrogen-bond acceptors (Lipinski definition) is 5. The van der Waals surface area contributed by atoms with Crippen molar-refractivity contribution in [2.45, 2.75) is 13.5 Å². The van der Waals surface area contributed by atoms with E-state index in [1.807, 2.05) is 25.1 Å². The van der Waals surface area contributed by atoms with Crippen LogP contribution in [0.2, 0.25) is 0 Å². The summed E-state index contributed by atoms with van der Waals surface area (Å²) in [6.45, 7) is 2.52. The zero-order chi connectivity index (χ0) is 14.5. The van der Waals surface area contributed by atoms with Gasteiger partial charge in [-0.05, 0) is 31.2 Å². The number of pyridine rings is 1. The number of hydrogen-bond donors (Lipinski definition) is 1. The average molecular weight is 271 g/mol. The maximum Gasteiger partial charge on any atom is 0.273 e. The van der Waals surface area contributed by atoms with E-state index in [2.05, 4.69) is 20.5 Å². The number of aromatic nitrogens is 3. The minimum atomic E-state index is -0.163. The minimum Gasteiger partial charge on any atom is -0.363 e. The molecule has 0 spiro atoms. The van der Waals surface area contributed by atoms with Crippen LogP contribution in [0.4, 0.5) is 5.82 Å². The van der Waals surface area contributed by atoms with Gasteiger partial charge >= 0.3 is 0 Å². The van der Waals surface area contributed by atoms with Crippen LogP contribution in [0.3, 0.4) is 0 Å². The normalized spacial score (nSPS) is 10.2. The van der Waals surface area contributed by atoms with Crippen molar-refractivity contribution in [3.05, 3.63) is 47.4 Å². The molecule has 0 aliphatic carbocycles. The van der Waals surface area contributed by atoms with Crippen LogP contribution in [0.1, 0.15) is 21.9 Å². The second kappa shape index (κ2) is 6.10. The summed E-state index contributed by atoms with van der Waals surface area (Å²) in [5, 5.41) is 11.0. The summed E-state index contributed by atoms with van der Waals surface area (Å²) in [5.41, 5.74) is 2.23. The lowest BCUT2D eigenvalue weighted by Gasteiger charge is -2.09. The third-order valence-corrected chi connectivity index (χ3v) is 2.69. The third-order valence-electron chi connectivity index (χ3n) is 2.69. The molecule has 2 heterocycles. The summed E-state index contributed by atoms with van der Waals surface area (Å²) in [6, 6.07) is 9.24. The van der Waals surface area contributed by atoms with E-state index in [1.54, 1.807) is 26.2 Å². The van der Waals surface area contributed by atoms with Crippen LogP contribution in [0.25, 0.3) is 0 Å². The lowest BCUT2D eigenvalue weighted by atomic mass is 10.3. The number of amides is 1. The summed E-state index contributed by atoms with van der Waals surface area (Å²) >= 11 is 0. The lowest BCUT2D eigenvalue weighted by molar-refractivity contribution is 0.0821. The highest BCUT2D eigenvalue weighted by Gasteiger charge is 2.09. The van der Waals surface area contributed by atoms with Crippen LogP contribution in [0.5, 0.6) is 0 Å². The largest absolute Gasteiger partial charge is 0.363 e. The Bertz CT molecular complexity index is 595. The van der Waals surface area contributed by atoms with Crippen molar-refractivity contribution in [2.24, 2.45) is 0 Å². The number of carbonyl (C=O) groups excluding carboxylic acids is 1. The van der Waals surface area contributed by atoms with Gasteiger partial charge in [-0.1, -0.05) is 6.07 Å². The van der Waals surface area contributed by atoms with Crippen LogP contribution in [-0.4, -0.2) is 40.1 Å². The topological polar surface area (TPSA) is 71.0 Å². The van der Waals surface area contributed by atoms with Gasteiger partial charge in [-0.3, -0.25) is 9.78 Å².